The van der Waals surface area contributed by atoms with Crippen molar-refractivity contribution in [2.75, 3.05) is 5.73 Å². The van der Waals surface area contributed by atoms with E-state index in [4.69, 9.17) is 5.73 Å². The summed E-state index contributed by atoms with van der Waals surface area (Å²) in [5.41, 5.74) is 8.82. The van der Waals surface area contributed by atoms with Crippen LogP contribution in [0.1, 0.15) is 24.0 Å². The predicted molar refractivity (Wildman–Crippen MR) is 73.4 cm³/mol. The van der Waals surface area contributed by atoms with E-state index >= 15 is 0 Å². The Bertz CT molecular complexity index is 529. The van der Waals surface area contributed by atoms with Gasteiger partial charge in [0, 0.05) is 29.8 Å². The van der Waals surface area contributed by atoms with E-state index in [0.717, 1.165) is 23.7 Å². The zero-order valence-corrected chi connectivity index (χ0v) is 11.7. The lowest BCUT2D eigenvalue weighted by molar-refractivity contribution is 0.631. The van der Waals surface area contributed by atoms with Crippen LogP contribution >= 0.6 is 11.8 Å². The molecule has 0 fully saturated rings. The van der Waals surface area contributed by atoms with Crippen molar-refractivity contribution in [1.29, 1.82) is 0 Å². The first-order chi connectivity index (χ1) is 8.58. The van der Waals surface area contributed by atoms with Gasteiger partial charge in [-0.2, -0.15) is 5.10 Å². The van der Waals surface area contributed by atoms with Gasteiger partial charge in [0.25, 0.3) is 0 Å². The van der Waals surface area contributed by atoms with Gasteiger partial charge in [-0.1, -0.05) is 11.8 Å². The summed E-state index contributed by atoms with van der Waals surface area (Å²) in [6.45, 7) is 6.88. The number of aromatic nitrogens is 4. The summed E-state index contributed by atoms with van der Waals surface area (Å²) in [6, 6.07) is 3.86. The molecule has 0 aliphatic carbocycles. The van der Waals surface area contributed by atoms with Crippen molar-refractivity contribution in [1.82, 2.24) is 19.7 Å². The second-order valence-corrected chi connectivity index (χ2v) is 5.04. The molecule has 0 spiro atoms. The zero-order valence-electron chi connectivity index (χ0n) is 10.8. The largest absolute Gasteiger partial charge is 0.384 e. The average molecular weight is 263 g/mol. The molecule has 0 saturated carbocycles. The first kappa shape index (κ1) is 12.9. The van der Waals surface area contributed by atoms with Crippen LogP contribution in [0, 0.1) is 13.8 Å². The molecule has 0 atom stereocenters. The monoisotopic (exact) mass is 263 g/mol. The molecular formula is C12H17N5S. The van der Waals surface area contributed by atoms with Crippen molar-refractivity contribution < 1.29 is 0 Å². The molecule has 0 bridgehead atoms. The van der Waals surface area contributed by atoms with Crippen molar-refractivity contribution >= 4 is 17.6 Å². The summed E-state index contributed by atoms with van der Waals surface area (Å²) in [5, 5.41) is 5.13. The number of nitrogen functional groups attached to an aromatic ring is 1. The summed E-state index contributed by atoms with van der Waals surface area (Å²) in [5.74, 6) is 1.32. The molecule has 0 amide bonds. The number of anilines is 1. The molecule has 2 aromatic heterocycles. The SMILES string of the molecule is CCn1nc(C)cc1CSc1nc(C)cc(N)n1. The standard InChI is InChI=1S/C12H17N5S/c1-4-17-10(5-9(3)16-17)7-18-12-14-8(2)6-11(13)15-12/h5-6H,4,7H2,1-3H3,(H2,13,14,15). The Morgan fingerprint density at radius 3 is 2.67 bits per heavy atom. The fourth-order valence-corrected chi connectivity index (χ4v) is 2.64. The Balaban J connectivity index is 2.11. The first-order valence-electron chi connectivity index (χ1n) is 5.85. The van der Waals surface area contributed by atoms with Crippen molar-refractivity contribution in [2.45, 2.75) is 38.2 Å². The Morgan fingerprint density at radius 1 is 1.22 bits per heavy atom. The van der Waals surface area contributed by atoms with Gasteiger partial charge in [0.2, 0.25) is 0 Å². The van der Waals surface area contributed by atoms with Crippen LogP contribution in [0.15, 0.2) is 17.3 Å². The van der Waals surface area contributed by atoms with Crippen LogP contribution in [-0.2, 0) is 12.3 Å². The van der Waals surface area contributed by atoms with E-state index in [1.807, 2.05) is 18.5 Å². The highest BCUT2D eigenvalue weighted by molar-refractivity contribution is 7.98. The molecule has 0 aliphatic heterocycles. The number of nitrogens with two attached hydrogens (primary N) is 1. The Kier molecular flexibility index (Phi) is 3.86. The fourth-order valence-electron chi connectivity index (χ4n) is 1.76. The predicted octanol–water partition coefficient (Wildman–Crippen LogP) is 2.18. The van der Waals surface area contributed by atoms with E-state index < -0.39 is 0 Å². The number of hydrogen-bond donors (Lipinski definition) is 1. The lowest BCUT2D eigenvalue weighted by atomic mass is 10.4. The molecule has 5 nitrogen and oxygen atoms in total. The highest BCUT2D eigenvalue weighted by Crippen LogP contribution is 2.21. The Morgan fingerprint density at radius 2 is 2.00 bits per heavy atom. The van der Waals surface area contributed by atoms with Gasteiger partial charge in [-0.25, -0.2) is 9.97 Å². The van der Waals surface area contributed by atoms with Gasteiger partial charge in [-0.05, 0) is 26.8 Å². The van der Waals surface area contributed by atoms with Gasteiger partial charge in [-0.3, -0.25) is 4.68 Å². The molecule has 2 heterocycles. The lowest BCUT2D eigenvalue weighted by Crippen LogP contribution is -2.02. The quantitative estimate of drug-likeness (QED) is 0.676. The van der Waals surface area contributed by atoms with Crippen LogP contribution < -0.4 is 5.73 Å². The topological polar surface area (TPSA) is 69.6 Å². The molecule has 0 aliphatic rings. The highest BCUT2D eigenvalue weighted by Gasteiger charge is 2.07. The number of rotatable bonds is 4. The van der Waals surface area contributed by atoms with Crippen molar-refractivity contribution in [3.05, 3.63) is 29.2 Å². The molecule has 2 aromatic rings. The van der Waals surface area contributed by atoms with Gasteiger partial charge in [0.05, 0.1) is 5.69 Å². The number of aryl methyl sites for hydroxylation is 3. The average Bonchev–Trinajstić information content (AvgIpc) is 2.66. The second kappa shape index (κ2) is 5.39. The van der Waals surface area contributed by atoms with Gasteiger partial charge >= 0.3 is 0 Å². The van der Waals surface area contributed by atoms with Crippen molar-refractivity contribution in [3.8, 4) is 0 Å². The van der Waals surface area contributed by atoms with E-state index in [-0.39, 0.29) is 0 Å². The molecule has 6 heteroatoms. The molecule has 0 radical (unpaired) electrons. The van der Waals surface area contributed by atoms with Gasteiger partial charge in [0.1, 0.15) is 5.82 Å². The maximum absolute atomic E-state index is 5.71. The van der Waals surface area contributed by atoms with Crippen molar-refractivity contribution in [2.24, 2.45) is 0 Å². The maximum atomic E-state index is 5.71. The molecule has 2 rings (SSSR count). The van der Waals surface area contributed by atoms with Crippen LogP contribution in [-0.4, -0.2) is 19.7 Å². The third-order valence-electron chi connectivity index (χ3n) is 2.49. The van der Waals surface area contributed by atoms with Crippen LogP contribution in [0.25, 0.3) is 0 Å². The van der Waals surface area contributed by atoms with Crippen LogP contribution in [0.4, 0.5) is 5.82 Å². The normalized spacial score (nSPS) is 10.8. The van der Waals surface area contributed by atoms with E-state index in [9.17, 15) is 0 Å². The summed E-state index contributed by atoms with van der Waals surface area (Å²) < 4.78 is 2.00. The zero-order chi connectivity index (χ0) is 13.1. The second-order valence-electron chi connectivity index (χ2n) is 4.10. The van der Waals surface area contributed by atoms with E-state index in [0.29, 0.717) is 11.0 Å². The van der Waals surface area contributed by atoms with Crippen LogP contribution in [0.5, 0.6) is 0 Å². The highest BCUT2D eigenvalue weighted by atomic mass is 32.2. The summed E-state index contributed by atoms with van der Waals surface area (Å²) in [7, 11) is 0. The molecule has 96 valence electrons. The third-order valence-corrected chi connectivity index (χ3v) is 3.37. The van der Waals surface area contributed by atoms with Gasteiger partial charge < -0.3 is 5.73 Å². The number of nitrogens with zero attached hydrogens (tertiary/aromatic N) is 4. The van der Waals surface area contributed by atoms with E-state index in [1.54, 1.807) is 17.8 Å². The molecule has 0 aromatic carbocycles. The Hall–Kier alpha value is -1.56. The van der Waals surface area contributed by atoms with E-state index in [1.165, 1.54) is 5.69 Å². The smallest absolute Gasteiger partial charge is 0.190 e. The molecule has 0 saturated heterocycles. The molecule has 0 unspecified atom stereocenters. The Labute approximate surface area is 111 Å². The third kappa shape index (κ3) is 3.01. The number of hydrogen-bond acceptors (Lipinski definition) is 5. The fraction of sp³-hybridized carbons (Fsp3) is 0.417. The minimum Gasteiger partial charge on any atom is -0.384 e. The molecular weight excluding hydrogens is 246 g/mol. The minimum absolute atomic E-state index is 0.519. The molecule has 18 heavy (non-hydrogen) atoms. The van der Waals surface area contributed by atoms with Crippen LogP contribution in [0.3, 0.4) is 0 Å². The lowest BCUT2D eigenvalue weighted by Gasteiger charge is -2.04. The number of thioether (sulfide) groups is 1. The summed E-state index contributed by atoms with van der Waals surface area (Å²) >= 11 is 1.58. The van der Waals surface area contributed by atoms with Crippen LogP contribution in [0.2, 0.25) is 0 Å². The first-order valence-corrected chi connectivity index (χ1v) is 6.84. The molecule has 2 N–H and O–H groups in total. The minimum atomic E-state index is 0.519. The summed E-state index contributed by atoms with van der Waals surface area (Å²) in [4.78, 5) is 8.56. The van der Waals surface area contributed by atoms with E-state index in [2.05, 4.69) is 28.1 Å². The van der Waals surface area contributed by atoms with Gasteiger partial charge in [0.15, 0.2) is 5.16 Å². The maximum Gasteiger partial charge on any atom is 0.190 e. The summed E-state index contributed by atoms with van der Waals surface area (Å²) in [6.07, 6.45) is 0. The van der Waals surface area contributed by atoms with Gasteiger partial charge in [-0.15, -0.1) is 0 Å². The van der Waals surface area contributed by atoms with Crippen molar-refractivity contribution in [3.63, 3.8) is 0 Å².